The maximum Gasteiger partial charge on any atom is 0.228 e. The monoisotopic (exact) mass is 430 g/mol. The van der Waals surface area contributed by atoms with E-state index in [1.165, 1.54) is 0 Å². The van der Waals surface area contributed by atoms with Crippen molar-refractivity contribution in [3.05, 3.63) is 56.5 Å². The smallest absolute Gasteiger partial charge is 0.228 e. The molecule has 3 rings (SSSR count). The summed E-state index contributed by atoms with van der Waals surface area (Å²) in [6.07, 6.45) is 0. The first-order chi connectivity index (χ1) is 12.5. The number of nitrogens with zero attached hydrogens (tertiary/aromatic N) is 6. The predicted octanol–water partition coefficient (Wildman–Crippen LogP) is 3.89. The molecule has 0 bridgehead atoms. The van der Waals surface area contributed by atoms with Gasteiger partial charge in [0.25, 0.3) is 0 Å². The fourth-order valence-electron chi connectivity index (χ4n) is 2.02. The Bertz CT molecular complexity index is 812. The van der Waals surface area contributed by atoms with E-state index in [9.17, 15) is 0 Å². The molecule has 2 N–H and O–H groups in total. The van der Waals surface area contributed by atoms with Gasteiger partial charge in [0.05, 0.1) is 0 Å². The summed E-state index contributed by atoms with van der Waals surface area (Å²) in [6.45, 7) is 0.960. The number of aromatic nitrogens is 6. The van der Waals surface area contributed by atoms with E-state index in [1.807, 2.05) is 24.3 Å². The zero-order chi connectivity index (χ0) is 18.5. The number of halogens is 4. The first kappa shape index (κ1) is 18.8. The van der Waals surface area contributed by atoms with E-state index in [2.05, 4.69) is 40.5 Å². The normalized spacial score (nSPS) is 10.6. The number of hydrogen-bond acceptors (Lipinski definition) is 8. The third-order valence-corrected chi connectivity index (χ3v) is 3.73. The van der Waals surface area contributed by atoms with Crippen LogP contribution < -0.4 is 10.6 Å². The molecule has 0 aliphatic heterocycles. The minimum Gasteiger partial charge on any atom is -0.350 e. The number of anilines is 2. The van der Waals surface area contributed by atoms with E-state index >= 15 is 0 Å². The van der Waals surface area contributed by atoms with Crippen molar-refractivity contribution in [3.8, 4) is 0 Å². The Hall–Kier alpha value is -2.00. The fourth-order valence-corrected chi connectivity index (χ4v) is 2.75. The molecule has 0 saturated carbocycles. The second-order valence-corrected chi connectivity index (χ2v) is 6.27. The predicted molar refractivity (Wildman–Crippen MR) is 101 cm³/mol. The molecule has 0 fully saturated rings. The molecule has 12 heteroatoms. The van der Waals surface area contributed by atoms with Crippen LogP contribution in [0, 0.1) is 0 Å². The molecule has 0 unspecified atom stereocenters. The Morgan fingerprint density at radius 2 is 1.00 bits per heavy atom. The highest BCUT2D eigenvalue weighted by molar-refractivity contribution is 6.31. The number of rotatable bonds is 6. The van der Waals surface area contributed by atoms with Crippen LogP contribution in [0.4, 0.5) is 11.9 Å². The van der Waals surface area contributed by atoms with Crippen molar-refractivity contribution in [2.45, 2.75) is 13.1 Å². The standard InChI is InChI=1S/C14H10Cl4N8/c15-9-21-10(16)24-13(23-9)19-5-7-2-1-3-8(4-7)6-20-14-25-11(17)22-12(18)26-14/h1-4H,5-6H2,(H,19,21,23,24)(H,20,22,25,26). The average Bonchev–Trinajstić information content (AvgIpc) is 2.57. The Morgan fingerprint density at radius 3 is 1.38 bits per heavy atom. The molecule has 0 aliphatic rings. The molecule has 2 heterocycles. The molecule has 3 aromatic rings. The van der Waals surface area contributed by atoms with Gasteiger partial charge in [-0.2, -0.15) is 29.9 Å². The first-order valence-electron chi connectivity index (χ1n) is 7.17. The Kier molecular flexibility index (Phi) is 6.20. The van der Waals surface area contributed by atoms with Crippen LogP contribution in [0.15, 0.2) is 24.3 Å². The molecule has 0 atom stereocenters. The second kappa shape index (κ2) is 8.59. The minimum absolute atomic E-state index is 0.0279. The van der Waals surface area contributed by atoms with Crippen LogP contribution in [0.2, 0.25) is 21.1 Å². The van der Waals surface area contributed by atoms with Crippen molar-refractivity contribution < 1.29 is 0 Å². The second-order valence-electron chi connectivity index (χ2n) is 4.92. The Balaban J connectivity index is 1.62. The van der Waals surface area contributed by atoms with Crippen molar-refractivity contribution in [2.24, 2.45) is 0 Å². The summed E-state index contributed by atoms with van der Waals surface area (Å²) >= 11 is 23.0. The summed E-state index contributed by atoms with van der Waals surface area (Å²) in [5.41, 5.74) is 2.01. The van der Waals surface area contributed by atoms with Crippen LogP contribution in [-0.4, -0.2) is 29.9 Å². The Morgan fingerprint density at radius 1 is 0.615 bits per heavy atom. The topological polar surface area (TPSA) is 101 Å². The summed E-state index contributed by atoms with van der Waals surface area (Å²) in [5, 5.41) is 6.19. The van der Waals surface area contributed by atoms with E-state index < -0.39 is 0 Å². The molecular formula is C14H10Cl4N8. The summed E-state index contributed by atoms with van der Waals surface area (Å²) < 4.78 is 0. The van der Waals surface area contributed by atoms with Gasteiger partial charge >= 0.3 is 0 Å². The van der Waals surface area contributed by atoms with Crippen LogP contribution in [0.1, 0.15) is 11.1 Å². The fraction of sp³-hybridized carbons (Fsp3) is 0.143. The maximum absolute atomic E-state index is 5.75. The van der Waals surface area contributed by atoms with Crippen molar-refractivity contribution in [3.63, 3.8) is 0 Å². The van der Waals surface area contributed by atoms with Crippen molar-refractivity contribution >= 4 is 58.3 Å². The van der Waals surface area contributed by atoms with Gasteiger partial charge in [0, 0.05) is 13.1 Å². The Labute approximate surface area is 168 Å². The first-order valence-corrected chi connectivity index (χ1v) is 8.69. The van der Waals surface area contributed by atoms with Gasteiger partial charge in [0.15, 0.2) is 0 Å². The van der Waals surface area contributed by atoms with Gasteiger partial charge in [0.2, 0.25) is 33.0 Å². The number of nitrogens with one attached hydrogen (secondary N) is 2. The quantitative estimate of drug-likeness (QED) is 0.605. The molecule has 1 aromatic carbocycles. The highest BCUT2D eigenvalue weighted by Gasteiger charge is 2.05. The zero-order valence-corrected chi connectivity index (χ0v) is 15.9. The molecule has 134 valence electrons. The van der Waals surface area contributed by atoms with E-state index in [0.717, 1.165) is 11.1 Å². The molecule has 26 heavy (non-hydrogen) atoms. The summed E-state index contributed by atoms with van der Waals surface area (Å²) in [4.78, 5) is 23.2. The van der Waals surface area contributed by atoms with Crippen LogP contribution >= 0.6 is 46.4 Å². The van der Waals surface area contributed by atoms with E-state index in [4.69, 9.17) is 46.4 Å². The van der Waals surface area contributed by atoms with E-state index in [1.54, 1.807) is 0 Å². The minimum atomic E-state index is 0.0279. The van der Waals surface area contributed by atoms with Crippen molar-refractivity contribution in [1.29, 1.82) is 0 Å². The van der Waals surface area contributed by atoms with E-state index in [0.29, 0.717) is 25.0 Å². The average molecular weight is 432 g/mol. The summed E-state index contributed by atoms with van der Waals surface area (Å²) in [7, 11) is 0. The SMILES string of the molecule is Clc1nc(Cl)nc(NCc2cccc(CNc3nc(Cl)nc(Cl)n3)c2)n1. The van der Waals surface area contributed by atoms with Gasteiger partial charge in [-0.25, -0.2) is 0 Å². The van der Waals surface area contributed by atoms with Crippen molar-refractivity contribution in [1.82, 2.24) is 29.9 Å². The van der Waals surface area contributed by atoms with Gasteiger partial charge in [-0.1, -0.05) is 24.3 Å². The van der Waals surface area contributed by atoms with Gasteiger partial charge in [-0.3, -0.25) is 0 Å². The summed E-state index contributed by atoms with van der Waals surface area (Å²) in [5.74, 6) is 0.598. The lowest BCUT2D eigenvalue weighted by atomic mass is 10.1. The van der Waals surface area contributed by atoms with E-state index in [-0.39, 0.29) is 21.1 Å². The zero-order valence-electron chi connectivity index (χ0n) is 12.9. The largest absolute Gasteiger partial charge is 0.350 e. The number of benzene rings is 1. The maximum atomic E-state index is 5.75. The molecule has 0 amide bonds. The third kappa shape index (κ3) is 5.50. The lowest BCUT2D eigenvalue weighted by Crippen LogP contribution is -2.07. The summed E-state index contributed by atoms with van der Waals surface area (Å²) in [6, 6.07) is 7.83. The van der Waals surface area contributed by atoms with Gasteiger partial charge in [-0.05, 0) is 57.5 Å². The van der Waals surface area contributed by atoms with Crippen LogP contribution in [0.25, 0.3) is 0 Å². The molecular weight excluding hydrogens is 422 g/mol. The van der Waals surface area contributed by atoms with Crippen LogP contribution in [0.5, 0.6) is 0 Å². The molecule has 8 nitrogen and oxygen atoms in total. The third-order valence-electron chi connectivity index (χ3n) is 3.05. The number of hydrogen-bond donors (Lipinski definition) is 2. The van der Waals surface area contributed by atoms with Gasteiger partial charge < -0.3 is 10.6 Å². The van der Waals surface area contributed by atoms with Crippen LogP contribution in [0.3, 0.4) is 0 Å². The molecule has 0 saturated heterocycles. The molecule has 0 radical (unpaired) electrons. The highest BCUT2D eigenvalue weighted by atomic mass is 35.5. The van der Waals surface area contributed by atoms with Crippen molar-refractivity contribution in [2.75, 3.05) is 10.6 Å². The van der Waals surface area contributed by atoms with Gasteiger partial charge in [-0.15, -0.1) is 0 Å². The molecule has 0 aliphatic carbocycles. The van der Waals surface area contributed by atoms with Crippen LogP contribution in [-0.2, 0) is 13.1 Å². The molecule has 0 spiro atoms. The van der Waals surface area contributed by atoms with Gasteiger partial charge in [0.1, 0.15) is 0 Å². The molecule has 2 aromatic heterocycles. The lowest BCUT2D eigenvalue weighted by Gasteiger charge is -2.08. The highest BCUT2D eigenvalue weighted by Crippen LogP contribution is 2.14. The lowest BCUT2D eigenvalue weighted by molar-refractivity contribution is 0.988.